The summed E-state index contributed by atoms with van der Waals surface area (Å²) < 4.78 is 0. The second kappa shape index (κ2) is 5.82. The van der Waals surface area contributed by atoms with Crippen molar-refractivity contribution in [3.05, 3.63) is 29.3 Å². The third kappa shape index (κ3) is 3.30. The van der Waals surface area contributed by atoms with Crippen molar-refractivity contribution in [3.8, 4) is 0 Å². The maximum atomic E-state index is 11.5. The van der Waals surface area contributed by atoms with Crippen molar-refractivity contribution in [2.45, 2.75) is 32.6 Å². The lowest BCUT2D eigenvalue weighted by molar-refractivity contribution is -0.116. The van der Waals surface area contributed by atoms with Crippen LogP contribution in [0.4, 0.5) is 5.69 Å². The minimum atomic E-state index is 0.110. The number of hydrogen-bond donors (Lipinski definition) is 2. The third-order valence-corrected chi connectivity index (χ3v) is 3.11. The highest BCUT2D eigenvalue weighted by Crippen LogP contribution is 2.18. The second-order valence-corrected chi connectivity index (χ2v) is 4.53. The molecule has 1 aromatic rings. The second-order valence-electron chi connectivity index (χ2n) is 4.53. The fourth-order valence-corrected chi connectivity index (χ4v) is 2.20. The molecule has 17 heavy (non-hydrogen) atoms. The minimum absolute atomic E-state index is 0.110. The number of amides is 1. The van der Waals surface area contributed by atoms with E-state index in [-0.39, 0.29) is 5.91 Å². The molecule has 0 atom stereocenters. The van der Waals surface area contributed by atoms with Crippen molar-refractivity contribution in [2.75, 3.05) is 18.4 Å². The van der Waals surface area contributed by atoms with Gasteiger partial charge in [-0.15, -0.1) is 0 Å². The zero-order chi connectivity index (χ0) is 12.1. The Kier molecular flexibility index (Phi) is 4.15. The van der Waals surface area contributed by atoms with Gasteiger partial charge in [0.25, 0.3) is 0 Å². The summed E-state index contributed by atoms with van der Waals surface area (Å²) in [5, 5.41) is 6.34. The largest absolute Gasteiger partial charge is 0.326 e. The number of carbonyl (C=O) groups excluding carboxylic acids is 1. The SMILES string of the molecule is CCCC(=O)Nc1ccc2c(c1)CCNCC2. The molecule has 1 aliphatic rings. The number of fused-ring (bicyclic) bond motifs is 1. The van der Waals surface area contributed by atoms with E-state index in [1.54, 1.807) is 0 Å². The van der Waals surface area contributed by atoms with E-state index in [0.717, 1.165) is 38.0 Å². The van der Waals surface area contributed by atoms with Crippen LogP contribution >= 0.6 is 0 Å². The predicted molar refractivity (Wildman–Crippen MR) is 70.3 cm³/mol. The first-order valence-electron chi connectivity index (χ1n) is 6.42. The highest BCUT2D eigenvalue weighted by Gasteiger charge is 2.08. The number of carbonyl (C=O) groups is 1. The molecule has 3 nitrogen and oxygen atoms in total. The Hall–Kier alpha value is -1.35. The summed E-state index contributed by atoms with van der Waals surface area (Å²) in [6.07, 6.45) is 3.62. The summed E-state index contributed by atoms with van der Waals surface area (Å²) >= 11 is 0. The Balaban J connectivity index is 2.09. The molecule has 1 aliphatic heterocycles. The van der Waals surface area contributed by atoms with Crippen LogP contribution in [0.5, 0.6) is 0 Å². The molecule has 0 fully saturated rings. The van der Waals surface area contributed by atoms with E-state index in [4.69, 9.17) is 0 Å². The van der Waals surface area contributed by atoms with Crippen molar-refractivity contribution >= 4 is 11.6 Å². The normalized spacial score (nSPS) is 14.9. The van der Waals surface area contributed by atoms with Crippen molar-refractivity contribution in [3.63, 3.8) is 0 Å². The van der Waals surface area contributed by atoms with Crippen molar-refractivity contribution < 1.29 is 4.79 Å². The van der Waals surface area contributed by atoms with Gasteiger partial charge < -0.3 is 10.6 Å². The maximum absolute atomic E-state index is 11.5. The van der Waals surface area contributed by atoms with E-state index in [1.165, 1.54) is 11.1 Å². The number of benzene rings is 1. The van der Waals surface area contributed by atoms with E-state index in [2.05, 4.69) is 22.8 Å². The number of rotatable bonds is 3. The highest BCUT2D eigenvalue weighted by atomic mass is 16.1. The Morgan fingerprint density at radius 1 is 1.29 bits per heavy atom. The fraction of sp³-hybridized carbons (Fsp3) is 0.500. The Morgan fingerprint density at radius 3 is 2.82 bits per heavy atom. The summed E-state index contributed by atoms with van der Waals surface area (Å²) in [7, 11) is 0. The van der Waals surface area contributed by atoms with Crippen LogP contribution in [0.1, 0.15) is 30.9 Å². The van der Waals surface area contributed by atoms with Crippen LogP contribution in [0.15, 0.2) is 18.2 Å². The molecular formula is C14H20N2O. The molecule has 0 saturated carbocycles. The lowest BCUT2D eigenvalue weighted by Crippen LogP contribution is -2.16. The van der Waals surface area contributed by atoms with Gasteiger partial charge in [-0.1, -0.05) is 13.0 Å². The molecule has 0 bridgehead atoms. The first-order valence-corrected chi connectivity index (χ1v) is 6.42. The van der Waals surface area contributed by atoms with Crippen LogP contribution < -0.4 is 10.6 Å². The van der Waals surface area contributed by atoms with Crippen molar-refractivity contribution in [2.24, 2.45) is 0 Å². The molecule has 1 heterocycles. The van der Waals surface area contributed by atoms with E-state index < -0.39 is 0 Å². The zero-order valence-corrected chi connectivity index (χ0v) is 10.4. The van der Waals surface area contributed by atoms with Crippen LogP contribution in [-0.4, -0.2) is 19.0 Å². The molecule has 2 rings (SSSR count). The standard InChI is InChI=1S/C14H20N2O/c1-2-3-14(17)16-13-5-4-11-6-8-15-9-7-12(11)10-13/h4-5,10,15H,2-3,6-9H2,1H3,(H,16,17). The van der Waals surface area contributed by atoms with Crippen LogP contribution in [0.3, 0.4) is 0 Å². The molecule has 0 unspecified atom stereocenters. The first-order chi connectivity index (χ1) is 8.29. The number of anilines is 1. The summed E-state index contributed by atoms with van der Waals surface area (Å²) in [5.41, 5.74) is 3.71. The molecule has 92 valence electrons. The van der Waals surface area contributed by atoms with E-state index in [9.17, 15) is 4.79 Å². The summed E-state index contributed by atoms with van der Waals surface area (Å²) in [5.74, 6) is 0.110. The van der Waals surface area contributed by atoms with Gasteiger partial charge in [0.15, 0.2) is 0 Å². The highest BCUT2D eigenvalue weighted by molar-refractivity contribution is 5.90. The summed E-state index contributed by atoms with van der Waals surface area (Å²) in [4.78, 5) is 11.5. The topological polar surface area (TPSA) is 41.1 Å². The van der Waals surface area contributed by atoms with Gasteiger partial charge in [-0.25, -0.2) is 0 Å². The average molecular weight is 232 g/mol. The van der Waals surface area contributed by atoms with Crippen molar-refractivity contribution in [1.82, 2.24) is 5.32 Å². The van der Waals surface area contributed by atoms with E-state index >= 15 is 0 Å². The molecular weight excluding hydrogens is 212 g/mol. The number of hydrogen-bond acceptors (Lipinski definition) is 2. The van der Waals surface area contributed by atoms with Gasteiger partial charge in [-0.05, 0) is 55.6 Å². The summed E-state index contributed by atoms with van der Waals surface area (Å²) in [6.45, 7) is 4.09. The monoisotopic (exact) mass is 232 g/mol. The Bertz CT molecular complexity index is 401. The van der Waals surface area contributed by atoms with Gasteiger partial charge in [0, 0.05) is 12.1 Å². The van der Waals surface area contributed by atoms with Crippen LogP contribution in [0, 0.1) is 0 Å². The van der Waals surface area contributed by atoms with Crippen LogP contribution in [-0.2, 0) is 17.6 Å². The van der Waals surface area contributed by atoms with Crippen LogP contribution in [0.2, 0.25) is 0 Å². The quantitative estimate of drug-likeness (QED) is 0.838. The van der Waals surface area contributed by atoms with Gasteiger partial charge in [-0.3, -0.25) is 4.79 Å². The number of nitrogens with one attached hydrogen (secondary N) is 2. The summed E-state index contributed by atoms with van der Waals surface area (Å²) in [6, 6.07) is 6.28. The molecule has 3 heteroatoms. The third-order valence-electron chi connectivity index (χ3n) is 3.11. The first kappa shape index (κ1) is 12.1. The zero-order valence-electron chi connectivity index (χ0n) is 10.4. The fourth-order valence-electron chi connectivity index (χ4n) is 2.20. The van der Waals surface area contributed by atoms with E-state index in [1.807, 2.05) is 13.0 Å². The minimum Gasteiger partial charge on any atom is -0.326 e. The lowest BCUT2D eigenvalue weighted by atomic mass is 10.0. The predicted octanol–water partition coefficient (Wildman–Crippen LogP) is 2.11. The molecule has 1 amide bonds. The molecule has 0 saturated heterocycles. The molecule has 0 aromatic heterocycles. The Labute approximate surface area is 103 Å². The van der Waals surface area contributed by atoms with Crippen LogP contribution in [0.25, 0.3) is 0 Å². The molecule has 2 N–H and O–H groups in total. The van der Waals surface area contributed by atoms with Gasteiger partial charge in [0.2, 0.25) is 5.91 Å². The van der Waals surface area contributed by atoms with Gasteiger partial charge in [-0.2, -0.15) is 0 Å². The lowest BCUT2D eigenvalue weighted by Gasteiger charge is -2.09. The van der Waals surface area contributed by atoms with Gasteiger partial charge in [0.05, 0.1) is 0 Å². The average Bonchev–Trinajstić information content (AvgIpc) is 2.53. The van der Waals surface area contributed by atoms with Gasteiger partial charge >= 0.3 is 0 Å². The molecule has 0 aliphatic carbocycles. The Morgan fingerprint density at radius 2 is 2.06 bits per heavy atom. The molecule has 0 spiro atoms. The molecule has 1 aromatic carbocycles. The smallest absolute Gasteiger partial charge is 0.224 e. The molecule has 0 radical (unpaired) electrons. The van der Waals surface area contributed by atoms with Crippen molar-refractivity contribution in [1.29, 1.82) is 0 Å². The van der Waals surface area contributed by atoms with Gasteiger partial charge in [0.1, 0.15) is 0 Å². The maximum Gasteiger partial charge on any atom is 0.224 e. The van der Waals surface area contributed by atoms with E-state index in [0.29, 0.717) is 6.42 Å².